The zero-order valence-electron chi connectivity index (χ0n) is 6.92. The molecule has 0 unspecified atom stereocenters. The molecule has 2 heteroatoms. The molecule has 11 heavy (non-hydrogen) atoms. The molecule has 0 aromatic rings. The number of rotatable bonds is 3. The SMILES string of the molecule is NCC1([C@@H](O)C2CCC2)CC1. The largest absolute Gasteiger partial charge is 0.392 e. The first kappa shape index (κ1) is 7.56. The van der Waals surface area contributed by atoms with Crippen molar-refractivity contribution >= 4 is 0 Å². The fourth-order valence-electron chi connectivity index (χ4n) is 2.04. The Kier molecular flexibility index (Phi) is 1.69. The van der Waals surface area contributed by atoms with Crippen molar-refractivity contribution in [2.45, 2.75) is 38.2 Å². The van der Waals surface area contributed by atoms with E-state index in [4.69, 9.17) is 5.73 Å². The summed E-state index contributed by atoms with van der Waals surface area (Å²) in [7, 11) is 0. The lowest BCUT2D eigenvalue weighted by Crippen LogP contribution is -2.38. The lowest BCUT2D eigenvalue weighted by Gasteiger charge is -2.35. The summed E-state index contributed by atoms with van der Waals surface area (Å²) in [5.74, 6) is 0.584. The van der Waals surface area contributed by atoms with E-state index in [9.17, 15) is 5.11 Å². The highest BCUT2D eigenvalue weighted by molar-refractivity contribution is 5.02. The van der Waals surface area contributed by atoms with Crippen LogP contribution in [-0.2, 0) is 0 Å². The highest BCUT2D eigenvalue weighted by Gasteiger charge is 2.51. The summed E-state index contributed by atoms with van der Waals surface area (Å²) in [4.78, 5) is 0. The summed E-state index contributed by atoms with van der Waals surface area (Å²) in [6.45, 7) is 0.685. The van der Waals surface area contributed by atoms with E-state index in [0.717, 1.165) is 12.8 Å². The van der Waals surface area contributed by atoms with Gasteiger partial charge in [0.1, 0.15) is 0 Å². The second-order valence-corrected chi connectivity index (χ2v) is 4.20. The molecule has 1 atom stereocenters. The zero-order chi connectivity index (χ0) is 7.90. The molecule has 2 nitrogen and oxygen atoms in total. The van der Waals surface area contributed by atoms with Crippen LogP contribution in [0.5, 0.6) is 0 Å². The molecule has 0 amide bonds. The van der Waals surface area contributed by atoms with Gasteiger partial charge in [-0.1, -0.05) is 6.42 Å². The van der Waals surface area contributed by atoms with Crippen LogP contribution in [0, 0.1) is 11.3 Å². The quantitative estimate of drug-likeness (QED) is 0.635. The Morgan fingerprint density at radius 3 is 2.36 bits per heavy atom. The standard InChI is InChI=1S/C9H17NO/c10-6-9(4-5-9)8(11)7-2-1-3-7/h7-8,11H,1-6,10H2/t8-/m0/s1. The number of hydrogen-bond donors (Lipinski definition) is 2. The summed E-state index contributed by atoms with van der Waals surface area (Å²) in [6, 6.07) is 0. The van der Waals surface area contributed by atoms with Gasteiger partial charge in [0.25, 0.3) is 0 Å². The van der Waals surface area contributed by atoms with Gasteiger partial charge in [0.2, 0.25) is 0 Å². The van der Waals surface area contributed by atoms with Crippen molar-refractivity contribution in [2.24, 2.45) is 17.1 Å². The fourth-order valence-corrected chi connectivity index (χ4v) is 2.04. The Bertz CT molecular complexity index is 150. The van der Waals surface area contributed by atoms with Crippen LogP contribution in [0.1, 0.15) is 32.1 Å². The first-order valence-electron chi connectivity index (χ1n) is 4.67. The summed E-state index contributed by atoms with van der Waals surface area (Å²) in [5, 5.41) is 9.88. The minimum atomic E-state index is -0.0822. The lowest BCUT2D eigenvalue weighted by atomic mass is 9.75. The molecule has 0 aromatic heterocycles. The van der Waals surface area contributed by atoms with Crippen molar-refractivity contribution in [3.05, 3.63) is 0 Å². The molecule has 0 aliphatic heterocycles. The first-order valence-corrected chi connectivity index (χ1v) is 4.67. The third kappa shape index (κ3) is 1.09. The molecule has 64 valence electrons. The summed E-state index contributed by atoms with van der Waals surface area (Å²) in [5.41, 5.74) is 5.78. The van der Waals surface area contributed by atoms with Crippen LogP contribution in [0.3, 0.4) is 0 Å². The van der Waals surface area contributed by atoms with E-state index in [1.54, 1.807) is 0 Å². The normalized spacial score (nSPS) is 31.1. The van der Waals surface area contributed by atoms with E-state index in [1.165, 1.54) is 19.3 Å². The average molecular weight is 155 g/mol. The zero-order valence-corrected chi connectivity index (χ0v) is 6.92. The maximum atomic E-state index is 9.88. The van der Waals surface area contributed by atoms with Crippen molar-refractivity contribution in [3.8, 4) is 0 Å². The highest BCUT2D eigenvalue weighted by Crippen LogP contribution is 2.52. The first-order chi connectivity index (χ1) is 5.28. The van der Waals surface area contributed by atoms with Crippen LogP contribution in [0.15, 0.2) is 0 Å². The Labute approximate surface area is 67.8 Å². The third-order valence-electron chi connectivity index (χ3n) is 3.52. The number of aliphatic hydroxyl groups is 1. The second kappa shape index (κ2) is 2.46. The molecule has 0 saturated heterocycles. The van der Waals surface area contributed by atoms with E-state index in [1.807, 2.05) is 0 Å². The van der Waals surface area contributed by atoms with Crippen LogP contribution >= 0.6 is 0 Å². The Morgan fingerprint density at radius 1 is 1.45 bits per heavy atom. The fraction of sp³-hybridized carbons (Fsp3) is 1.00. The predicted octanol–water partition coefficient (Wildman–Crippen LogP) is 0.886. The van der Waals surface area contributed by atoms with Gasteiger partial charge in [-0.25, -0.2) is 0 Å². The molecular formula is C9H17NO. The van der Waals surface area contributed by atoms with Crippen LogP contribution in [0.4, 0.5) is 0 Å². The predicted molar refractivity (Wildman–Crippen MR) is 44.1 cm³/mol. The van der Waals surface area contributed by atoms with Gasteiger partial charge in [0.15, 0.2) is 0 Å². The van der Waals surface area contributed by atoms with E-state index >= 15 is 0 Å². The molecule has 2 aliphatic carbocycles. The highest BCUT2D eigenvalue weighted by atomic mass is 16.3. The van der Waals surface area contributed by atoms with Crippen molar-refractivity contribution in [1.82, 2.24) is 0 Å². The van der Waals surface area contributed by atoms with Crippen molar-refractivity contribution in [3.63, 3.8) is 0 Å². The summed E-state index contributed by atoms with van der Waals surface area (Å²) >= 11 is 0. The molecule has 0 spiro atoms. The maximum Gasteiger partial charge on any atom is 0.0636 e. The van der Waals surface area contributed by atoms with Gasteiger partial charge >= 0.3 is 0 Å². The number of hydrogen-bond acceptors (Lipinski definition) is 2. The number of aliphatic hydroxyl groups excluding tert-OH is 1. The lowest BCUT2D eigenvalue weighted by molar-refractivity contribution is 0.00638. The molecule has 0 aromatic carbocycles. The van der Waals surface area contributed by atoms with Gasteiger partial charge in [0.05, 0.1) is 6.10 Å². The number of nitrogens with two attached hydrogens (primary N) is 1. The summed E-state index contributed by atoms with van der Waals surface area (Å²) in [6.07, 6.45) is 5.98. The molecule has 2 aliphatic rings. The molecule has 2 fully saturated rings. The van der Waals surface area contributed by atoms with Crippen LogP contribution in [-0.4, -0.2) is 17.8 Å². The van der Waals surface area contributed by atoms with Gasteiger partial charge < -0.3 is 10.8 Å². The van der Waals surface area contributed by atoms with Gasteiger partial charge in [-0.2, -0.15) is 0 Å². The minimum absolute atomic E-state index is 0.0822. The summed E-state index contributed by atoms with van der Waals surface area (Å²) < 4.78 is 0. The molecule has 2 saturated carbocycles. The van der Waals surface area contributed by atoms with Crippen molar-refractivity contribution in [1.29, 1.82) is 0 Å². The van der Waals surface area contributed by atoms with E-state index in [-0.39, 0.29) is 11.5 Å². The molecular weight excluding hydrogens is 138 g/mol. The Balaban J connectivity index is 1.92. The smallest absolute Gasteiger partial charge is 0.0636 e. The average Bonchev–Trinajstić information content (AvgIpc) is 2.63. The molecule has 2 rings (SSSR count). The van der Waals surface area contributed by atoms with E-state index < -0.39 is 0 Å². The van der Waals surface area contributed by atoms with Crippen LogP contribution < -0.4 is 5.73 Å². The Hall–Kier alpha value is -0.0800. The maximum absolute atomic E-state index is 9.88. The van der Waals surface area contributed by atoms with Gasteiger partial charge in [0, 0.05) is 12.0 Å². The van der Waals surface area contributed by atoms with Gasteiger partial charge in [-0.05, 0) is 31.6 Å². The van der Waals surface area contributed by atoms with Gasteiger partial charge in [-0.15, -0.1) is 0 Å². The van der Waals surface area contributed by atoms with Crippen molar-refractivity contribution in [2.75, 3.05) is 6.54 Å². The molecule has 0 radical (unpaired) electrons. The Morgan fingerprint density at radius 2 is 2.09 bits per heavy atom. The van der Waals surface area contributed by atoms with Gasteiger partial charge in [-0.3, -0.25) is 0 Å². The van der Waals surface area contributed by atoms with Crippen LogP contribution in [0.2, 0.25) is 0 Å². The monoisotopic (exact) mass is 155 g/mol. The molecule has 0 bridgehead atoms. The molecule has 3 N–H and O–H groups in total. The second-order valence-electron chi connectivity index (χ2n) is 4.20. The van der Waals surface area contributed by atoms with Crippen LogP contribution in [0.25, 0.3) is 0 Å². The molecule has 0 heterocycles. The third-order valence-corrected chi connectivity index (χ3v) is 3.52. The van der Waals surface area contributed by atoms with E-state index in [0.29, 0.717) is 12.5 Å². The minimum Gasteiger partial charge on any atom is -0.392 e. The van der Waals surface area contributed by atoms with E-state index in [2.05, 4.69) is 0 Å². The van der Waals surface area contributed by atoms with Crippen molar-refractivity contribution < 1.29 is 5.11 Å². The topological polar surface area (TPSA) is 46.2 Å².